The Balaban J connectivity index is 2.24. The van der Waals surface area contributed by atoms with Gasteiger partial charge in [-0.05, 0) is 31.0 Å². The third-order valence-corrected chi connectivity index (χ3v) is 3.61. The molecule has 0 saturated heterocycles. The molecule has 92 valence electrons. The van der Waals surface area contributed by atoms with Gasteiger partial charge in [0.2, 0.25) is 0 Å². The summed E-state index contributed by atoms with van der Waals surface area (Å²) in [5, 5.41) is 10.5. The number of phenols is 1. The van der Waals surface area contributed by atoms with Gasteiger partial charge in [-0.3, -0.25) is 4.79 Å². The number of amides is 1. The molecule has 0 unspecified atom stereocenters. The summed E-state index contributed by atoms with van der Waals surface area (Å²) >= 11 is 6.67. The lowest BCUT2D eigenvalue weighted by Crippen LogP contribution is -2.34. The molecule has 5 heteroatoms. The highest BCUT2D eigenvalue weighted by Crippen LogP contribution is 2.31. The Morgan fingerprint density at radius 1 is 1.47 bits per heavy atom. The molecule has 2 rings (SSSR count). The molecule has 3 nitrogen and oxygen atoms in total. The second kappa shape index (κ2) is 5.40. The number of alkyl halides is 1. The molecule has 17 heavy (non-hydrogen) atoms. The van der Waals surface area contributed by atoms with Crippen LogP contribution in [0.3, 0.4) is 0 Å². The fraction of sp³-hybridized carbons (Fsp3) is 0.417. The number of halogens is 2. The molecule has 0 heterocycles. The molecule has 0 aliphatic heterocycles. The highest BCUT2D eigenvalue weighted by molar-refractivity contribution is 9.10. The first-order chi connectivity index (χ1) is 8.13. The number of carbonyl (C=O) groups is 1. The minimum absolute atomic E-state index is 0.0402. The van der Waals surface area contributed by atoms with Crippen LogP contribution in [-0.2, 0) is 0 Å². The second-order valence-electron chi connectivity index (χ2n) is 4.08. The fourth-order valence-corrected chi connectivity index (χ4v) is 2.50. The molecular formula is C12H13Br2NO2. The van der Waals surface area contributed by atoms with E-state index in [-0.39, 0.29) is 11.7 Å². The maximum Gasteiger partial charge on any atom is 0.257 e. The SMILES string of the molecule is O=C(c1cc(Br)ccc1O)N(CCBr)C1CC1. The highest BCUT2D eigenvalue weighted by atomic mass is 79.9. The quantitative estimate of drug-likeness (QED) is 0.836. The van der Waals surface area contributed by atoms with Crippen molar-refractivity contribution in [3.05, 3.63) is 28.2 Å². The molecular weight excluding hydrogens is 350 g/mol. The van der Waals surface area contributed by atoms with E-state index in [1.807, 2.05) is 4.90 Å². The molecule has 0 aromatic heterocycles. The fourth-order valence-electron chi connectivity index (χ4n) is 1.76. The van der Waals surface area contributed by atoms with Crippen molar-refractivity contribution in [2.24, 2.45) is 0 Å². The number of benzene rings is 1. The maximum atomic E-state index is 12.3. The van der Waals surface area contributed by atoms with Crippen molar-refractivity contribution < 1.29 is 9.90 Å². The number of phenolic OH excluding ortho intramolecular Hbond substituents is 1. The van der Waals surface area contributed by atoms with Gasteiger partial charge in [0.1, 0.15) is 5.75 Å². The van der Waals surface area contributed by atoms with E-state index >= 15 is 0 Å². The Labute approximate surface area is 117 Å². The van der Waals surface area contributed by atoms with E-state index in [0.717, 1.165) is 22.6 Å². The number of rotatable bonds is 4. The van der Waals surface area contributed by atoms with Gasteiger partial charge in [-0.15, -0.1) is 0 Å². The van der Waals surface area contributed by atoms with Crippen molar-refractivity contribution in [3.63, 3.8) is 0 Å². The van der Waals surface area contributed by atoms with Crippen molar-refractivity contribution in [3.8, 4) is 5.75 Å². The predicted octanol–water partition coefficient (Wildman–Crippen LogP) is 3.15. The van der Waals surface area contributed by atoms with E-state index in [4.69, 9.17) is 0 Å². The first-order valence-electron chi connectivity index (χ1n) is 5.49. The first-order valence-corrected chi connectivity index (χ1v) is 7.40. The van der Waals surface area contributed by atoms with Gasteiger partial charge in [-0.25, -0.2) is 0 Å². The third-order valence-electron chi connectivity index (χ3n) is 2.76. The van der Waals surface area contributed by atoms with Gasteiger partial charge < -0.3 is 10.0 Å². The lowest BCUT2D eigenvalue weighted by molar-refractivity contribution is 0.0751. The van der Waals surface area contributed by atoms with Crippen molar-refractivity contribution in [1.29, 1.82) is 0 Å². The average Bonchev–Trinajstić information content (AvgIpc) is 3.12. The van der Waals surface area contributed by atoms with Crippen LogP contribution >= 0.6 is 31.9 Å². The molecule has 1 aliphatic carbocycles. The lowest BCUT2D eigenvalue weighted by atomic mass is 10.1. The number of hydrogen-bond acceptors (Lipinski definition) is 2. The molecule has 1 amide bonds. The molecule has 1 aromatic carbocycles. The van der Waals surface area contributed by atoms with Crippen molar-refractivity contribution >= 4 is 37.8 Å². The summed E-state index contributed by atoms with van der Waals surface area (Å²) < 4.78 is 0.799. The lowest BCUT2D eigenvalue weighted by Gasteiger charge is -2.21. The van der Waals surface area contributed by atoms with E-state index in [1.165, 1.54) is 6.07 Å². The molecule has 0 atom stereocenters. The van der Waals surface area contributed by atoms with Gasteiger partial charge >= 0.3 is 0 Å². The summed E-state index contributed by atoms with van der Waals surface area (Å²) in [4.78, 5) is 14.1. The van der Waals surface area contributed by atoms with E-state index < -0.39 is 0 Å². The van der Waals surface area contributed by atoms with Gasteiger partial charge in [-0.2, -0.15) is 0 Å². The molecule has 0 bridgehead atoms. The van der Waals surface area contributed by atoms with Crippen LogP contribution in [0, 0.1) is 0 Å². The van der Waals surface area contributed by atoms with Gasteiger partial charge in [-0.1, -0.05) is 31.9 Å². The highest BCUT2D eigenvalue weighted by Gasteiger charge is 2.33. The average molecular weight is 363 g/mol. The minimum Gasteiger partial charge on any atom is -0.507 e. The summed E-state index contributed by atoms with van der Waals surface area (Å²) in [6.45, 7) is 0.676. The van der Waals surface area contributed by atoms with Crippen LogP contribution in [0.4, 0.5) is 0 Å². The van der Waals surface area contributed by atoms with Crippen molar-refractivity contribution in [2.45, 2.75) is 18.9 Å². The smallest absolute Gasteiger partial charge is 0.257 e. The van der Waals surface area contributed by atoms with Crippen LogP contribution in [0.5, 0.6) is 5.75 Å². The minimum atomic E-state index is -0.0919. The zero-order valence-corrected chi connectivity index (χ0v) is 12.4. The molecule has 0 radical (unpaired) electrons. The Morgan fingerprint density at radius 2 is 2.18 bits per heavy atom. The Morgan fingerprint density at radius 3 is 2.76 bits per heavy atom. The monoisotopic (exact) mass is 361 g/mol. The van der Waals surface area contributed by atoms with Gasteiger partial charge in [0.05, 0.1) is 5.56 Å². The predicted molar refractivity (Wildman–Crippen MR) is 73.7 cm³/mol. The number of nitrogens with zero attached hydrogens (tertiary/aromatic N) is 1. The topological polar surface area (TPSA) is 40.5 Å². The number of hydrogen-bond donors (Lipinski definition) is 1. The van der Waals surface area contributed by atoms with Crippen LogP contribution in [0.25, 0.3) is 0 Å². The van der Waals surface area contributed by atoms with Crippen LogP contribution in [0.1, 0.15) is 23.2 Å². The maximum absolute atomic E-state index is 12.3. The Kier molecular flexibility index (Phi) is 4.09. The van der Waals surface area contributed by atoms with E-state index in [0.29, 0.717) is 18.2 Å². The molecule has 1 saturated carbocycles. The van der Waals surface area contributed by atoms with Gasteiger partial charge in [0.15, 0.2) is 0 Å². The molecule has 0 spiro atoms. The standard InChI is InChI=1S/C12H13Br2NO2/c13-5-6-15(9-2-3-9)12(17)10-7-8(14)1-4-11(10)16/h1,4,7,9,16H,2-3,5-6H2. The summed E-state index contributed by atoms with van der Waals surface area (Å²) in [5.74, 6) is -0.0517. The summed E-state index contributed by atoms with van der Waals surface area (Å²) in [7, 11) is 0. The van der Waals surface area contributed by atoms with E-state index in [1.54, 1.807) is 12.1 Å². The number of carbonyl (C=O) groups excluding carboxylic acids is 1. The Bertz CT molecular complexity index is 433. The molecule has 1 aromatic rings. The van der Waals surface area contributed by atoms with Crippen LogP contribution in [0.15, 0.2) is 22.7 Å². The molecule has 1 N–H and O–H groups in total. The largest absolute Gasteiger partial charge is 0.507 e. The van der Waals surface area contributed by atoms with E-state index in [2.05, 4.69) is 31.9 Å². The van der Waals surface area contributed by atoms with E-state index in [9.17, 15) is 9.90 Å². The van der Waals surface area contributed by atoms with Crippen LogP contribution in [0.2, 0.25) is 0 Å². The summed E-state index contributed by atoms with van der Waals surface area (Å²) in [6.07, 6.45) is 2.13. The van der Waals surface area contributed by atoms with Crippen LogP contribution < -0.4 is 0 Å². The number of aromatic hydroxyl groups is 1. The zero-order valence-electron chi connectivity index (χ0n) is 9.20. The third kappa shape index (κ3) is 3.01. The second-order valence-corrected chi connectivity index (χ2v) is 5.79. The van der Waals surface area contributed by atoms with Gasteiger partial charge in [0, 0.05) is 22.4 Å². The van der Waals surface area contributed by atoms with Gasteiger partial charge in [0.25, 0.3) is 5.91 Å². The zero-order chi connectivity index (χ0) is 12.4. The van der Waals surface area contributed by atoms with Crippen molar-refractivity contribution in [1.82, 2.24) is 4.90 Å². The summed E-state index contributed by atoms with van der Waals surface area (Å²) in [6, 6.07) is 5.27. The van der Waals surface area contributed by atoms with Crippen LogP contribution in [-0.4, -0.2) is 33.8 Å². The molecule has 1 fully saturated rings. The first kappa shape index (κ1) is 12.9. The molecule has 1 aliphatic rings. The Hall–Kier alpha value is -0.550. The normalized spacial score (nSPS) is 14.7. The summed E-state index contributed by atoms with van der Waals surface area (Å²) in [5.41, 5.74) is 0.368. The van der Waals surface area contributed by atoms with Crippen molar-refractivity contribution in [2.75, 3.05) is 11.9 Å².